The second-order valence-corrected chi connectivity index (χ2v) is 17.4. The zero-order valence-corrected chi connectivity index (χ0v) is 37.1. The first-order chi connectivity index (χ1) is 26.9. The largest absolute Gasteiger partial charge is 0.472 e. The molecule has 0 aliphatic rings. The third-order valence-electron chi connectivity index (χ3n) is 9.19. The number of rotatable bonds is 39. The summed E-state index contributed by atoms with van der Waals surface area (Å²) in [6.07, 6.45) is 39.0. The first-order valence-corrected chi connectivity index (χ1v) is 23.5. The molecule has 326 valence electrons. The molecule has 10 nitrogen and oxygen atoms in total. The van der Waals surface area contributed by atoms with Crippen molar-refractivity contribution in [1.82, 2.24) is 0 Å². The van der Waals surface area contributed by atoms with Crippen LogP contribution in [0.2, 0.25) is 0 Å². The minimum atomic E-state index is -4.40. The van der Waals surface area contributed by atoms with E-state index in [2.05, 4.69) is 32.1 Å². The summed E-state index contributed by atoms with van der Waals surface area (Å²) < 4.78 is 34.2. The molecule has 0 aromatic rings. The number of carbonyl (C=O) groups excluding carboxylic acids is 2. The lowest BCUT2D eigenvalue weighted by Gasteiger charge is -2.24. The van der Waals surface area contributed by atoms with Crippen molar-refractivity contribution in [2.24, 2.45) is 0 Å². The fraction of sp³-hybridized carbons (Fsp3) is 0.778. The first-order valence-electron chi connectivity index (χ1n) is 22.0. The molecule has 11 heteroatoms. The van der Waals surface area contributed by atoms with E-state index in [9.17, 15) is 24.2 Å². The highest BCUT2D eigenvalue weighted by Gasteiger charge is 2.27. The maximum Gasteiger partial charge on any atom is 0.472 e. The number of quaternary nitrogens is 1. The minimum Gasteiger partial charge on any atom is -0.462 e. The molecule has 2 N–H and O–H groups in total. The van der Waals surface area contributed by atoms with E-state index in [0.717, 1.165) is 32.1 Å². The summed E-state index contributed by atoms with van der Waals surface area (Å²) in [6, 6.07) is 0. The van der Waals surface area contributed by atoms with Crippen LogP contribution in [0.5, 0.6) is 0 Å². The van der Waals surface area contributed by atoms with E-state index in [1.807, 2.05) is 39.4 Å². The van der Waals surface area contributed by atoms with Gasteiger partial charge in [-0.15, -0.1) is 0 Å². The van der Waals surface area contributed by atoms with E-state index in [4.69, 9.17) is 18.5 Å². The third kappa shape index (κ3) is 40.1. The molecule has 0 radical (unpaired) electrons. The molecule has 0 aromatic heterocycles. The van der Waals surface area contributed by atoms with Gasteiger partial charge in [-0.1, -0.05) is 159 Å². The van der Waals surface area contributed by atoms with Crippen molar-refractivity contribution in [1.29, 1.82) is 0 Å². The zero-order chi connectivity index (χ0) is 41.6. The summed E-state index contributed by atoms with van der Waals surface area (Å²) in [5.41, 5.74) is 0. The number of likely N-dealkylation sites (N-methyl/N-ethyl adjacent to an activating group) is 1. The molecule has 0 aliphatic carbocycles. The van der Waals surface area contributed by atoms with Crippen LogP contribution >= 0.6 is 7.82 Å². The summed E-state index contributed by atoms with van der Waals surface area (Å²) in [6.45, 7) is 4.22. The molecule has 0 rings (SSSR count). The molecule has 0 saturated carbocycles. The Morgan fingerprint density at radius 3 is 1.82 bits per heavy atom. The van der Waals surface area contributed by atoms with Gasteiger partial charge in [0.05, 0.1) is 33.9 Å². The van der Waals surface area contributed by atoms with E-state index in [1.165, 1.54) is 83.5 Å². The summed E-state index contributed by atoms with van der Waals surface area (Å²) in [4.78, 5) is 35.3. The van der Waals surface area contributed by atoms with Gasteiger partial charge in [-0.05, 0) is 44.9 Å². The molecular weight excluding hydrogens is 729 g/mol. The van der Waals surface area contributed by atoms with Crippen molar-refractivity contribution in [3.05, 3.63) is 48.6 Å². The number of nitrogens with zero attached hydrogens (tertiary/aromatic N) is 1. The predicted octanol–water partition coefficient (Wildman–Crippen LogP) is 11.3. The Kier molecular flexibility index (Phi) is 35.8. The third-order valence-corrected chi connectivity index (χ3v) is 10.2. The van der Waals surface area contributed by atoms with Crippen molar-refractivity contribution in [3.63, 3.8) is 0 Å². The highest BCUT2D eigenvalue weighted by Crippen LogP contribution is 2.43. The second-order valence-electron chi connectivity index (χ2n) is 15.9. The smallest absolute Gasteiger partial charge is 0.462 e. The maximum absolute atomic E-state index is 12.7. The summed E-state index contributed by atoms with van der Waals surface area (Å²) in [5, 5.41) is 10.1. The molecule has 0 spiro atoms. The van der Waals surface area contributed by atoms with Crippen LogP contribution in [-0.4, -0.2) is 86.1 Å². The van der Waals surface area contributed by atoms with E-state index < -0.39 is 38.6 Å². The monoisotopic (exact) mass is 813 g/mol. The number of phosphoric acid groups is 1. The van der Waals surface area contributed by atoms with Gasteiger partial charge in [0.25, 0.3) is 0 Å². The highest BCUT2D eigenvalue weighted by molar-refractivity contribution is 7.47. The zero-order valence-electron chi connectivity index (χ0n) is 36.2. The van der Waals surface area contributed by atoms with E-state index >= 15 is 0 Å². The number of phosphoric ester groups is 1. The van der Waals surface area contributed by atoms with Gasteiger partial charge in [-0.3, -0.25) is 18.6 Å². The fourth-order valence-electron chi connectivity index (χ4n) is 5.67. The van der Waals surface area contributed by atoms with Crippen molar-refractivity contribution in [2.45, 2.75) is 180 Å². The average Bonchev–Trinajstić information content (AvgIpc) is 3.14. The van der Waals surface area contributed by atoms with Gasteiger partial charge in [0.2, 0.25) is 0 Å². The van der Waals surface area contributed by atoms with Gasteiger partial charge in [0.15, 0.2) is 6.10 Å². The van der Waals surface area contributed by atoms with Crippen molar-refractivity contribution in [2.75, 3.05) is 47.5 Å². The Balaban J connectivity index is 4.54. The van der Waals surface area contributed by atoms with Crippen molar-refractivity contribution in [3.8, 4) is 0 Å². The van der Waals surface area contributed by atoms with E-state index in [0.29, 0.717) is 36.7 Å². The van der Waals surface area contributed by atoms with Crippen LogP contribution < -0.4 is 0 Å². The Hall–Kier alpha value is -2.07. The Morgan fingerprint density at radius 1 is 0.643 bits per heavy atom. The molecule has 0 fully saturated rings. The first kappa shape index (κ1) is 53.9. The molecule has 56 heavy (non-hydrogen) atoms. The number of carbonyl (C=O) groups is 2. The highest BCUT2D eigenvalue weighted by atomic mass is 31.2. The maximum atomic E-state index is 12.7. The Morgan fingerprint density at radius 2 is 1.20 bits per heavy atom. The van der Waals surface area contributed by atoms with Gasteiger partial charge >= 0.3 is 19.8 Å². The van der Waals surface area contributed by atoms with Gasteiger partial charge in [-0.25, -0.2) is 4.57 Å². The standard InChI is InChI=1S/C45H82NO9P/c1-6-8-10-12-14-16-17-18-19-20-22-24-28-33-37-45(49)55-43(41-54-56(50,51)53-39-38-46(3,4)5)40-52-44(48)36-32-29-25-27-31-35-42(47)34-30-26-23-21-15-13-11-9-7-2/h15,21,25-27,30-31,35,42-43,47H,6-14,16-20,22-24,28-29,32-34,36-41H2,1-5H3/p+1/b21-15-,27-25+,30-26-,35-31-/t42?,43-/m1/s1. The lowest BCUT2D eigenvalue weighted by atomic mass is 10.0. The van der Waals surface area contributed by atoms with Crippen LogP contribution in [0.3, 0.4) is 0 Å². The number of ether oxygens (including phenoxy) is 2. The molecule has 0 saturated heterocycles. The summed E-state index contributed by atoms with van der Waals surface area (Å²) >= 11 is 0. The van der Waals surface area contributed by atoms with Crippen molar-refractivity contribution >= 4 is 19.8 Å². The van der Waals surface area contributed by atoms with Gasteiger partial charge in [-0.2, -0.15) is 0 Å². The molecule has 0 aliphatic heterocycles. The lowest BCUT2D eigenvalue weighted by Crippen LogP contribution is -2.37. The number of unbranched alkanes of at least 4 members (excludes halogenated alkanes) is 17. The molecule has 3 atom stereocenters. The van der Waals surface area contributed by atoms with Gasteiger partial charge in [0, 0.05) is 12.8 Å². The average molecular weight is 813 g/mol. The summed E-state index contributed by atoms with van der Waals surface area (Å²) in [5.74, 6) is -0.927. The quantitative estimate of drug-likeness (QED) is 0.0156. The Bertz CT molecular complexity index is 1120. The SMILES string of the molecule is CCCCC/C=C\C/C=C\CC(O)/C=C\C=C\CCCC(=O)OC[C@H](COP(=O)(O)OCC[N+](C)(C)C)OC(=O)CCCCCCCCCCCCCCCC. The number of hydrogen-bond donors (Lipinski definition) is 2. The van der Waals surface area contributed by atoms with Crippen LogP contribution in [0.25, 0.3) is 0 Å². The van der Waals surface area contributed by atoms with Crippen LogP contribution in [-0.2, 0) is 32.7 Å². The molecule has 0 heterocycles. The number of hydrogen-bond acceptors (Lipinski definition) is 8. The van der Waals surface area contributed by atoms with Crippen LogP contribution in [0.15, 0.2) is 48.6 Å². The lowest BCUT2D eigenvalue weighted by molar-refractivity contribution is -0.870. The predicted molar refractivity (Wildman–Crippen MR) is 230 cm³/mol. The number of allylic oxidation sites excluding steroid dienone is 6. The van der Waals surface area contributed by atoms with E-state index in [1.54, 1.807) is 12.2 Å². The minimum absolute atomic E-state index is 0.00929. The number of aliphatic hydroxyl groups is 1. The van der Waals surface area contributed by atoms with Crippen LogP contribution in [0, 0.1) is 0 Å². The fourth-order valence-corrected chi connectivity index (χ4v) is 6.42. The molecule has 0 aromatic carbocycles. The molecular formula is C45H83NO9P+. The number of aliphatic hydroxyl groups excluding tert-OH is 1. The molecule has 2 unspecified atom stereocenters. The molecule has 0 amide bonds. The second kappa shape index (κ2) is 37.2. The van der Waals surface area contributed by atoms with Crippen molar-refractivity contribution < 1.29 is 47.2 Å². The van der Waals surface area contributed by atoms with Gasteiger partial charge < -0.3 is 24.0 Å². The molecule has 0 bridgehead atoms. The van der Waals surface area contributed by atoms with Crippen LogP contribution in [0.1, 0.15) is 168 Å². The normalized spacial score (nSPS) is 14.6. The van der Waals surface area contributed by atoms with Gasteiger partial charge in [0.1, 0.15) is 19.8 Å². The van der Waals surface area contributed by atoms with E-state index in [-0.39, 0.29) is 26.1 Å². The Labute approximate surface area is 342 Å². The van der Waals surface area contributed by atoms with Crippen LogP contribution in [0.4, 0.5) is 0 Å². The summed E-state index contributed by atoms with van der Waals surface area (Å²) in [7, 11) is 1.40. The number of esters is 2. The topological polar surface area (TPSA) is 129 Å².